The fraction of sp³-hybridized carbons (Fsp3) is 0.0769. The zero-order chi connectivity index (χ0) is 21.4. The first-order valence-corrected chi connectivity index (χ1v) is 10.0. The molecule has 5 aromatic rings. The molecule has 0 bridgehead atoms. The monoisotopic (exact) mass is 407 g/mol. The summed E-state index contributed by atoms with van der Waals surface area (Å²) in [5.74, 6) is 1.31. The summed E-state index contributed by atoms with van der Waals surface area (Å²) in [6.07, 6.45) is 6.00. The molecule has 2 heterocycles. The summed E-state index contributed by atoms with van der Waals surface area (Å²) in [6, 6.07) is 23.1. The molecule has 5 rings (SSSR count). The minimum absolute atomic E-state index is 0.103. The molecular weight excluding hydrogens is 386 g/mol. The molecule has 5 nitrogen and oxygen atoms in total. The van der Waals surface area contributed by atoms with E-state index in [1.54, 1.807) is 11.7 Å². The first-order chi connectivity index (χ1) is 15.2. The van der Waals surface area contributed by atoms with Crippen molar-refractivity contribution in [1.82, 2.24) is 14.1 Å². The molecule has 31 heavy (non-hydrogen) atoms. The highest BCUT2D eigenvalue weighted by molar-refractivity contribution is 5.92. The van der Waals surface area contributed by atoms with Gasteiger partial charge in [0, 0.05) is 29.7 Å². The highest BCUT2D eigenvalue weighted by Crippen LogP contribution is 2.23. The van der Waals surface area contributed by atoms with Crippen molar-refractivity contribution < 1.29 is 4.74 Å². The van der Waals surface area contributed by atoms with E-state index in [0.29, 0.717) is 16.7 Å². The molecule has 0 saturated heterocycles. The van der Waals surface area contributed by atoms with E-state index in [2.05, 4.69) is 22.9 Å². The first-order valence-electron chi connectivity index (χ1n) is 10.0. The third-order valence-electron chi connectivity index (χ3n) is 5.47. The maximum absolute atomic E-state index is 13.4. The quantitative estimate of drug-likeness (QED) is 0.419. The van der Waals surface area contributed by atoms with Gasteiger partial charge in [-0.2, -0.15) is 0 Å². The molecule has 2 aromatic heterocycles. The van der Waals surface area contributed by atoms with Crippen LogP contribution in [-0.2, 0) is 7.05 Å². The summed E-state index contributed by atoms with van der Waals surface area (Å²) in [6.45, 7) is 0. The lowest BCUT2D eigenvalue weighted by molar-refractivity contribution is 0.414. The van der Waals surface area contributed by atoms with Crippen LogP contribution in [-0.4, -0.2) is 21.2 Å². The minimum Gasteiger partial charge on any atom is -0.497 e. The van der Waals surface area contributed by atoms with E-state index in [0.717, 1.165) is 27.9 Å². The van der Waals surface area contributed by atoms with Crippen molar-refractivity contribution in [3.63, 3.8) is 0 Å². The van der Waals surface area contributed by atoms with Crippen LogP contribution in [0.5, 0.6) is 5.75 Å². The normalized spacial score (nSPS) is 11.5. The summed E-state index contributed by atoms with van der Waals surface area (Å²) in [5, 5.41) is 1.74. The van der Waals surface area contributed by atoms with Gasteiger partial charge in [0.2, 0.25) is 0 Å². The average Bonchev–Trinajstić information content (AvgIpc) is 3.14. The number of hydrogen-bond donors (Lipinski definition) is 0. The molecule has 0 aliphatic carbocycles. The van der Waals surface area contributed by atoms with Crippen LogP contribution in [0.4, 0.5) is 0 Å². The molecule has 0 fully saturated rings. The van der Waals surface area contributed by atoms with Gasteiger partial charge in [-0.25, -0.2) is 4.98 Å². The van der Waals surface area contributed by atoms with Crippen molar-refractivity contribution in [3.05, 3.63) is 101 Å². The van der Waals surface area contributed by atoms with Crippen LogP contribution in [0.25, 0.3) is 39.6 Å². The number of aryl methyl sites for hydroxylation is 1. The fourth-order valence-corrected chi connectivity index (χ4v) is 3.91. The molecule has 0 saturated carbocycles. The second-order valence-corrected chi connectivity index (χ2v) is 7.37. The number of methoxy groups -OCH3 is 1. The van der Waals surface area contributed by atoms with Crippen LogP contribution in [0.2, 0.25) is 0 Å². The Balaban J connectivity index is 1.71. The van der Waals surface area contributed by atoms with Gasteiger partial charge in [-0.3, -0.25) is 9.36 Å². The molecule has 0 aliphatic heterocycles. The lowest BCUT2D eigenvalue weighted by atomic mass is 10.1. The number of fused-ring (bicyclic) bond motifs is 2. The maximum Gasteiger partial charge on any atom is 0.266 e. The number of nitrogens with zero attached hydrogens (tertiary/aromatic N) is 3. The van der Waals surface area contributed by atoms with Crippen LogP contribution in [0, 0.1) is 0 Å². The van der Waals surface area contributed by atoms with Gasteiger partial charge in [-0.1, -0.05) is 30.3 Å². The smallest absolute Gasteiger partial charge is 0.266 e. The summed E-state index contributed by atoms with van der Waals surface area (Å²) in [5.41, 5.74) is 3.53. The zero-order valence-electron chi connectivity index (χ0n) is 17.3. The summed E-state index contributed by atoms with van der Waals surface area (Å²) in [7, 11) is 3.65. The SMILES string of the molecule is COc1ccc(-n2c(/C=C/c3cn(C)c4ccccc34)nc3ccccc3c2=O)cc1. The molecule has 0 radical (unpaired) electrons. The third-order valence-corrected chi connectivity index (χ3v) is 5.47. The number of ether oxygens (including phenoxy) is 1. The summed E-state index contributed by atoms with van der Waals surface area (Å²) >= 11 is 0. The van der Waals surface area contributed by atoms with Crippen LogP contribution >= 0.6 is 0 Å². The van der Waals surface area contributed by atoms with Crippen molar-refractivity contribution in [2.45, 2.75) is 0 Å². The minimum atomic E-state index is -0.103. The Morgan fingerprint density at radius 1 is 0.871 bits per heavy atom. The number of para-hydroxylation sites is 2. The molecule has 152 valence electrons. The van der Waals surface area contributed by atoms with Gasteiger partial charge < -0.3 is 9.30 Å². The summed E-state index contributed by atoms with van der Waals surface area (Å²) < 4.78 is 9.00. The van der Waals surface area contributed by atoms with E-state index < -0.39 is 0 Å². The maximum atomic E-state index is 13.4. The highest BCUT2D eigenvalue weighted by Gasteiger charge is 2.12. The third kappa shape index (κ3) is 3.30. The predicted octanol–water partition coefficient (Wildman–Crippen LogP) is 5.06. The van der Waals surface area contributed by atoms with E-state index in [-0.39, 0.29) is 5.56 Å². The first kappa shape index (κ1) is 18.9. The standard InChI is InChI=1S/C26H21N3O2/c1-28-17-18(21-7-4-6-10-24(21)28)11-16-25-27-23-9-5-3-8-22(23)26(30)29(25)19-12-14-20(31-2)15-13-19/h3-17H,1-2H3/b16-11+. The van der Waals surface area contributed by atoms with E-state index in [4.69, 9.17) is 9.72 Å². The fourth-order valence-electron chi connectivity index (χ4n) is 3.91. The van der Waals surface area contributed by atoms with Crippen molar-refractivity contribution in [1.29, 1.82) is 0 Å². The predicted molar refractivity (Wildman–Crippen MR) is 126 cm³/mol. The second kappa shape index (κ2) is 7.61. The van der Waals surface area contributed by atoms with Crippen LogP contribution in [0.1, 0.15) is 11.4 Å². The number of benzene rings is 3. The van der Waals surface area contributed by atoms with E-state index in [1.807, 2.05) is 79.9 Å². The highest BCUT2D eigenvalue weighted by atomic mass is 16.5. The molecule has 0 atom stereocenters. The zero-order valence-corrected chi connectivity index (χ0v) is 17.3. The van der Waals surface area contributed by atoms with Gasteiger partial charge in [0.25, 0.3) is 5.56 Å². The Kier molecular flexibility index (Phi) is 4.64. The Morgan fingerprint density at radius 3 is 2.35 bits per heavy atom. The Bertz CT molecular complexity index is 1490. The molecular formula is C26H21N3O2. The second-order valence-electron chi connectivity index (χ2n) is 7.37. The topological polar surface area (TPSA) is 49.0 Å². The molecule has 3 aromatic carbocycles. The van der Waals surface area contributed by atoms with E-state index >= 15 is 0 Å². The number of aromatic nitrogens is 3. The van der Waals surface area contributed by atoms with Gasteiger partial charge in [-0.15, -0.1) is 0 Å². The Hall–Kier alpha value is -4.12. The van der Waals surface area contributed by atoms with Gasteiger partial charge in [-0.05, 0) is 54.6 Å². The van der Waals surface area contributed by atoms with E-state index in [1.165, 1.54) is 0 Å². The van der Waals surface area contributed by atoms with Crippen LogP contribution < -0.4 is 10.3 Å². The molecule has 0 aliphatic rings. The largest absolute Gasteiger partial charge is 0.497 e. The van der Waals surface area contributed by atoms with Crippen molar-refractivity contribution in [3.8, 4) is 11.4 Å². The molecule has 0 amide bonds. The number of hydrogen-bond acceptors (Lipinski definition) is 3. The van der Waals surface area contributed by atoms with Gasteiger partial charge >= 0.3 is 0 Å². The summed E-state index contributed by atoms with van der Waals surface area (Å²) in [4.78, 5) is 18.2. The van der Waals surface area contributed by atoms with Gasteiger partial charge in [0.05, 0.1) is 23.7 Å². The van der Waals surface area contributed by atoms with E-state index in [9.17, 15) is 4.79 Å². The molecule has 5 heteroatoms. The van der Waals surface area contributed by atoms with Crippen LogP contribution in [0.15, 0.2) is 83.8 Å². The number of rotatable bonds is 4. The van der Waals surface area contributed by atoms with Gasteiger partial charge in [0.15, 0.2) is 0 Å². The van der Waals surface area contributed by atoms with Crippen LogP contribution in [0.3, 0.4) is 0 Å². The van der Waals surface area contributed by atoms with Crippen molar-refractivity contribution in [2.75, 3.05) is 7.11 Å². The Labute approximate surface area is 179 Å². The van der Waals surface area contributed by atoms with Crippen molar-refractivity contribution >= 4 is 34.0 Å². The molecule has 0 unspecified atom stereocenters. The molecule has 0 N–H and O–H groups in total. The van der Waals surface area contributed by atoms with Gasteiger partial charge in [0.1, 0.15) is 11.6 Å². The van der Waals surface area contributed by atoms with Crippen molar-refractivity contribution in [2.24, 2.45) is 7.05 Å². The lowest BCUT2D eigenvalue weighted by Gasteiger charge is -2.12. The average molecular weight is 407 g/mol. The Morgan fingerprint density at radius 2 is 1.58 bits per heavy atom. The lowest BCUT2D eigenvalue weighted by Crippen LogP contribution is -2.22. The molecule has 0 spiro atoms.